The van der Waals surface area contributed by atoms with Crippen molar-refractivity contribution in [3.05, 3.63) is 71.8 Å². The molecule has 1 N–H and O–H groups in total. The molecule has 0 saturated carbocycles. The van der Waals surface area contributed by atoms with Crippen molar-refractivity contribution in [2.24, 2.45) is 0 Å². The maximum Gasteiger partial charge on any atom is 0.331 e. The van der Waals surface area contributed by atoms with E-state index in [1.807, 2.05) is 36.4 Å². The van der Waals surface area contributed by atoms with Gasteiger partial charge >= 0.3 is 5.97 Å². The molecule has 1 unspecified atom stereocenters. The lowest BCUT2D eigenvalue weighted by Gasteiger charge is -2.10. The van der Waals surface area contributed by atoms with Gasteiger partial charge in [0.25, 0.3) is 0 Å². The van der Waals surface area contributed by atoms with E-state index in [9.17, 15) is 4.79 Å². The first kappa shape index (κ1) is 14.5. The van der Waals surface area contributed by atoms with E-state index < -0.39 is 5.97 Å². The van der Waals surface area contributed by atoms with E-state index in [0.717, 1.165) is 5.56 Å². The van der Waals surface area contributed by atoms with Gasteiger partial charge in [-0.3, -0.25) is 0 Å². The third kappa shape index (κ3) is 3.79. The lowest BCUT2D eigenvalue weighted by Crippen LogP contribution is -2.12. The molecule has 0 heterocycles. The van der Waals surface area contributed by atoms with E-state index in [0.29, 0.717) is 20.6 Å². The van der Waals surface area contributed by atoms with E-state index in [-0.39, 0.29) is 0 Å². The van der Waals surface area contributed by atoms with Crippen LogP contribution in [0.4, 0.5) is 0 Å². The Labute approximate surface area is 120 Å². The summed E-state index contributed by atoms with van der Waals surface area (Å²) in [6.07, 6.45) is 2.15. The van der Waals surface area contributed by atoms with E-state index in [1.54, 1.807) is 13.0 Å². The molecule has 2 aromatic carbocycles. The fourth-order valence-corrected chi connectivity index (χ4v) is 3.16. The Morgan fingerprint density at radius 1 is 1.10 bits per heavy atom. The number of carboxylic acid groups (broad SMARTS) is 1. The average Bonchev–Trinajstić information content (AvgIpc) is 2.47. The van der Waals surface area contributed by atoms with Crippen molar-refractivity contribution in [2.75, 3.05) is 0 Å². The van der Waals surface area contributed by atoms with Crippen LogP contribution in [0.1, 0.15) is 12.5 Å². The topological polar surface area (TPSA) is 37.3 Å². The minimum Gasteiger partial charge on any atom is -0.478 e. The molecule has 2 rings (SSSR count). The molecule has 1 atom stereocenters. The predicted octanol–water partition coefficient (Wildman–Crippen LogP) is 2.89. The molecule has 0 bridgehead atoms. The van der Waals surface area contributed by atoms with Crippen LogP contribution >= 0.6 is 8.58 Å². The first-order chi connectivity index (χ1) is 9.70. The van der Waals surface area contributed by atoms with Crippen LogP contribution in [0.5, 0.6) is 0 Å². The molecule has 0 aliphatic carbocycles. The Balaban J connectivity index is 2.25. The molecular weight excluding hydrogens is 267 g/mol. The van der Waals surface area contributed by atoms with Crippen molar-refractivity contribution in [3.8, 4) is 0 Å². The molecule has 0 aliphatic rings. The number of rotatable bonds is 5. The van der Waals surface area contributed by atoms with Crippen molar-refractivity contribution < 1.29 is 9.90 Å². The Hall–Kier alpha value is -1.92. The summed E-state index contributed by atoms with van der Waals surface area (Å²) in [6, 6.07) is 18.3. The van der Waals surface area contributed by atoms with Crippen LogP contribution in [0.25, 0.3) is 0 Å². The van der Waals surface area contributed by atoms with Gasteiger partial charge in [-0.15, -0.1) is 0 Å². The molecule has 0 spiro atoms. The van der Waals surface area contributed by atoms with Crippen LogP contribution in [-0.4, -0.2) is 11.1 Å². The molecule has 0 radical (unpaired) electrons. The average molecular weight is 284 g/mol. The smallest absolute Gasteiger partial charge is 0.331 e. The van der Waals surface area contributed by atoms with Gasteiger partial charge in [0.2, 0.25) is 0 Å². The Morgan fingerprint density at radius 2 is 1.75 bits per heavy atom. The minimum atomic E-state index is -0.842. The van der Waals surface area contributed by atoms with Crippen LogP contribution in [0.15, 0.2) is 66.2 Å². The van der Waals surface area contributed by atoms with Gasteiger partial charge in [0.15, 0.2) is 0 Å². The maximum absolute atomic E-state index is 11.1. The first-order valence-corrected chi connectivity index (χ1v) is 7.49. The summed E-state index contributed by atoms with van der Waals surface area (Å²) in [4.78, 5) is 11.1. The van der Waals surface area contributed by atoms with Gasteiger partial charge in [0.1, 0.15) is 0 Å². The number of hydrogen-bond donors (Lipinski definition) is 1. The monoisotopic (exact) mass is 284 g/mol. The Morgan fingerprint density at radius 3 is 2.40 bits per heavy atom. The fraction of sp³-hybridized carbons (Fsp3) is 0.118. The molecule has 0 fully saturated rings. The Bertz CT molecular complexity index is 618. The molecule has 3 heteroatoms. The molecule has 2 nitrogen and oxygen atoms in total. The van der Waals surface area contributed by atoms with Crippen LogP contribution < -0.4 is 10.6 Å². The van der Waals surface area contributed by atoms with Crippen molar-refractivity contribution >= 4 is 25.2 Å². The van der Waals surface area contributed by atoms with E-state index in [1.165, 1.54) is 10.6 Å². The van der Waals surface area contributed by atoms with E-state index in [2.05, 4.69) is 18.2 Å². The van der Waals surface area contributed by atoms with Gasteiger partial charge in [-0.25, -0.2) is 4.79 Å². The maximum atomic E-state index is 11.1. The zero-order valence-electron chi connectivity index (χ0n) is 11.3. The predicted molar refractivity (Wildman–Crippen MR) is 85.6 cm³/mol. The highest BCUT2D eigenvalue weighted by Crippen LogP contribution is 2.16. The van der Waals surface area contributed by atoms with Crippen LogP contribution in [0, 0.1) is 0 Å². The fourth-order valence-electron chi connectivity index (χ4n) is 1.98. The summed E-state index contributed by atoms with van der Waals surface area (Å²) >= 11 is 0. The van der Waals surface area contributed by atoms with Gasteiger partial charge in [-0.2, -0.15) is 0 Å². The Kier molecular flexibility index (Phi) is 5.09. The van der Waals surface area contributed by atoms with Crippen molar-refractivity contribution in [2.45, 2.75) is 13.3 Å². The number of carbonyl (C=O) groups is 1. The van der Waals surface area contributed by atoms with Gasteiger partial charge < -0.3 is 5.11 Å². The summed E-state index contributed by atoms with van der Waals surface area (Å²) in [7, 11) is 0.550. The molecule has 0 amide bonds. The highest BCUT2D eigenvalue weighted by Gasteiger charge is 2.10. The van der Waals surface area contributed by atoms with E-state index >= 15 is 0 Å². The second-order valence-electron chi connectivity index (χ2n) is 4.44. The molecule has 0 aliphatic heterocycles. The second-order valence-corrected chi connectivity index (χ2v) is 5.81. The number of aliphatic carboxylic acids is 1. The van der Waals surface area contributed by atoms with Crippen molar-refractivity contribution in [3.63, 3.8) is 0 Å². The lowest BCUT2D eigenvalue weighted by atomic mass is 10.1. The summed E-state index contributed by atoms with van der Waals surface area (Å²) in [5.41, 5.74) is 1.53. The number of carboxylic acids is 1. The first-order valence-electron chi connectivity index (χ1n) is 6.49. The quantitative estimate of drug-likeness (QED) is 0.677. The van der Waals surface area contributed by atoms with Crippen LogP contribution in [-0.2, 0) is 11.2 Å². The number of benzene rings is 2. The number of allylic oxidation sites excluding steroid dienone is 1. The third-order valence-electron chi connectivity index (χ3n) is 3.07. The summed E-state index contributed by atoms with van der Waals surface area (Å²) in [5, 5.41) is 11.6. The molecule has 2 aromatic rings. The van der Waals surface area contributed by atoms with Gasteiger partial charge in [-0.1, -0.05) is 69.3 Å². The SMILES string of the molecule is CC=C(Cc1ccccc1Pc1ccccc1)C(=O)O. The molecule has 20 heavy (non-hydrogen) atoms. The molecular formula is C17H17O2P. The van der Waals surface area contributed by atoms with Gasteiger partial charge in [-0.05, 0) is 23.1 Å². The van der Waals surface area contributed by atoms with Gasteiger partial charge in [0, 0.05) is 12.0 Å². The van der Waals surface area contributed by atoms with Crippen LogP contribution in [0.3, 0.4) is 0 Å². The van der Waals surface area contributed by atoms with Crippen molar-refractivity contribution in [1.29, 1.82) is 0 Å². The third-order valence-corrected chi connectivity index (χ3v) is 4.45. The number of hydrogen-bond acceptors (Lipinski definition) is 1. The lowest BCUT2D eigenvalue weighted by molar-refractivity contribution is -0.132. The molecule has 102 valence electrons. The highest BCUT2D eigenvalue weighted by atomic mass is 31.1. The molecule has 0 aromatic heterocycles. The van der Waals surface area contributed by atoms with Crippen LogP contribution in [0.2, 0.25) is 0 Å². The largest absolute Gasteiger partial charge is 0.478 e. The van der Waals surface area contributed by atoms with E-state index in [4.69, 9.17) is 5.11 Å². The summed E-state index contributed by atoms with van der Waals surface area (Å²) in [5.74, 6) is -0.842. The highest BCUT2D eigenvalue weighted by molar-refractivity contribution is 7.55. The standard InChI is InChI=1S/C17H17O2P/c1-2-13(17(18)19)12-14-8-6-7-11-16(14)20-15-9-4-3-5-10-15/h2-11,20H,12H2,1H3,(H,18,19). The summed E-state index contributed by atoms with van der Waals surface area (Å²) in [6.45, 7) is 1.77. The zero-order valence-corrected chi connectivity index (χ0v) is 12.3. The zero-order chi connectivity index (χ0) is 14.4. The molecule has 0 saturated heterocycles. The summed E-state index contributed by atoms with van der Waals surface area (Å²) < 4.78 is 0. The second kappa shape index (κ2) is 7.02. The van der Waals surface area contributed by atoms with Gasteiger partial charge in [0.05, 0.1) is 0 Å². The minimum absolute atomic E-state index is 0.440. The normalized spacial score (nSPS) is 11.9. The van der Waals surface area contributed by atoms with Crippen molar-refractivity contribution in [1.82, 2.24) is 0 Å².